The van der Waals surface area contributed by atoms with Gasteiger partial charge in [-0.25, -0.2) is 13.2 Å². The van der Waals surface area contributed by atoms with Gasteiger partial charge in [0.25, 0.3) is 0 Å². The SMILES string of the molecule is Cc1n[nH]c(C)c1S(=O)(=O)N1CCC[C@H](c2cccc(C(=O)O)c2)C1. The zero-order valence-electron chi connectivity index (χ0n) is 14.2. The summed E-state index contributed by atoms with van der Waals surface area (Å²) in [7, 11) is -3.62. The van der Waals surface area contributed by atoms with Crippen molar-refractivity contribution in [3.8, 4) is 0 Å². The van der Waals surface area contributed by atoms with E-state index in [2.05, 4.69) is 10.2 Å². The fraction of sp³-hybridized carbons (Fsp3) is 0.412. The number of aromatic nitrogens is 2. The molecule has 0 amide bonds. The first-order valence-corrected chi connectivity index (χ1v) is 9.59. The molecule has 134 valence electrons. The highest BCUT2D eigenvalue weighted by molar-refractivity contribution is 7.89. The number of rotatable bonds is 4. The molecule has 1 atom stereocenters. The lowest BCUT2D eigenvalue weighted by Gasteiger charge is -2.32. The van der Waals surface area contributed by atoms with Crippen molar-refractivity contribution in [2.45, 2.75) is 37.5 Å². The summed E-state index contributed by atoms with van der Waals surface area (Å²) >= 11 is 0. The first-order chi connectivity index (χ1) is 11.8. The van der Waals surface area contributed by atoms with E-state index in [1.54, 1.807) is 32.0 Å². The molecule has 8 heteroatoms. The highest BCUT2D eigenvalue weighted by Crippen LogP contribution is 2.32. The van der Waals surface area contributed by atoms with Crippen LogP contribution in [0.25, 0.3) is 0 Å². The average molecular weight is 363 g/mol. The number of sulfonamides is 1. The Morgan fingerprint density at radius 3 is 2.76 bits per heavy atom. The van der Waals surface area contributed by atoms with Gasteiger partial charge in [0, 0.05) is 13.1 Å². The minimum absolute atomic E-state index is 0.0182. The van der Waals surface area contributed by atoms with Crippen LogP contribution in [-0.4, -0.2) is 47.1 Å². The molecule has 0 aliphatic carbocycles. The Kier molecular flexibility index (Phi) is 4.66. The average Bonchev–Trinajstić information content (AvgIpc) is 2.94. The van der Waals surface area contributed by atoms with Crippen molar-refractivity contribution in [3.05, 3.63) is 46.8 Å². The van der Waals surface area contributed by atoms with Gasteiger partial charge in [0.2, 0.25) is 10.0 Å². The summed E-state index contributed by atoms with van der Waals surface area (Å²) in [5, 5.41) is 15.9. The first kappa shape index (κ1) is 17.6. The minimum Gasteiger partial charge on any atom is -0.478 e. The molecule has 0 saturated carbocycles. The Labute approximate surface area is 146 Å². The molecule has 1 aliphatic heterocycles. The molecule has 2 aromatic rings. The number of hydrogen-bond donors (Lipinski definition) is 2. The molecule has 2 N–H and O–H groups in total. The third-order valence-corrected chi connectivity index (χ3v) is 6.78. The van der Waals surface area contributed by atoms with Crippen LogP contribution in [0.4, 0.5) is 0 Å². The van der Waals surface area contributed by atoms with E-state index >= 15 is 0 Å². The van der Waals surface area contributed by atoms with Gasteiger partial charge in [0.1, 0.15) is 4.90 Å². The largest absolute Gasteiger partial charge is 0.478 e. The molecule has 0 radical (unpaired) electrons. The maximum absolute atomic E-state index is 13.0. The van der Waals surface area contributed by atoms with E-state index in [1.807, 2.05) is 6.07 Å². The summed E-state index contributed by atoms with van der Waals surface area (Å²) in [4.78, 5) is 11.4. The molecule has 0 unspecified atom stereocenters. The third kappa shape index (κ3) is 3.32. The number of hydrogen-bond acceptors (Lipinski definition) is 4. The van der Waals surface area contributed by atoms with Crippen molar-refractivity contribution in [1.29, 1.82) is 0 Å². The van der Waals surface area contributed by atoms with Crippen LogP contribution in [0.15, 0.2) is 29.2 Å². The molecular weight excluding hydrogens is 342 g/mol. The van der Waals surface area contributed by atoms with Crippen LogP contribution in [-0.2, 0) is 10.0 Å². The van der Waals surface area contributed by atoms with Crippen molar-refractivity contribution in [2.75, 3.05) is 13.1 Å². The van der Waals surface area contributed by atoms with Crippen molar-refractivity contribution in [3.63, 3.8) is 0 Å². The van der Waals surface area contributed by atoms with Gasteiger partial charge in [-0.3, -0.25) is 5.10 Å². The van der Waals surface area contributed by atoms with Gasteiger partial charge >= 0.3 is 5.97 Å². The number of piperidine rings is 1. The molecule has 0 bridgehead atoms. The zero-order valence-corrected chi connectivity index (χ0v) is 15.0. The van der Waals surface area contributed by atoms with Gasteiger partial charge in [-0.2, -0.15) is 9.40 Å². The maximum atomic E-state index is 13.0. The highest BCUT2D eigenvalue weighted by atomic mass is 32.2. The van der Waals surface area contributed by atoms with Crippen LogP contribution in [0.1, 0.15) is 46.1 Å². The number of carboxylic acid groups (broad SMARTS) is 1. The molecular formula is C17H21N3O4S. The number of H-pyrrole nitrogens is 1. The number of benzene rings is 1. The lowest BCUT2D eigenvalue weighted by Crippen LogP contribution is -2.39. The Hall–Kier alpha value is -2.19. The predicted molar refractivity (Wildman–Crippen MR) is 92.2 cm³/mol. The molecule has 1 saturated heterocycles. The molecule has 25 heavy (non-hydrogen) atoms. The fourth-order valence-electron chi connectivity index (χ4n) is 3.41. The number of nitrogens with zero attached hydrogens (tertiary/aromatic N) is 2. The Morgan fingerprint density at radius 1 is 1.36 bits per heavy atom. The highest BCUT2D eigenvalue weighted by Gasteiger charge is 2.34. The zero-order chi connectivity index (χ0) is 18.2. The number of nitrogens with one attached hydrogen (secondary N) is 1. The van der Waals surface area contributed by atoms with Gasteiger partial charge in [-0.1, -0.05) is 12.1 Å². The van der Waals surface area contributed by atoms with Gasteiger partial charge in [0.15, 0.2) is 0 Å². The molecule has 3 rings (SSSR count). The van der Waals surface area contributed by atoms with Crippen LogP contribution in [0.2, 0.25) is 0 Å². The quantitative estimate of drug-likeness (QED) is 0.867. The topological polar surface area (TPSA) is 103 Å². The van der Waals surface area contributed by atoms with Crippen LogP contribution in [0.3, 0.4) is 0 Å². The number of aromatic carboxylic acids is 1. The second kappa shape index (κ2) is 6.61. The standard InChI is InChI=1S/C17H21N3O4S/c1-11-16(12(2)19-18-11)25(23,24)20-8-4-7-15(10-20)13-5-3-6-14(9-13)17(21)22/h3,5-6,9,15H,4,7-8,10H2,1-2H3,(H,18,19)(H,21,22)/t15-/m0/s1. The lowest BCUT2D eigenvalue weighted by atomic mass is 9.91. The van der Waals surface area contributed by atoms with Crippen molar-refractivity contribution >= 4 is 16.0 Å². The summed E-state index contributed by atoms with van der Waals surface area (Å²) in [6, 6.07) is 6.75. The molecule has 7 nitrogen and oxygen atoms in total. The summed E-state index contributed by atoms with van der Waals surface area (Å²) in [6.45, 7) is 4.18. The van der Waals surface area contributed by atoms with Crippen molar-refractivity contribution < 1.29 is 18.3 Å². The Bertz CT molecular complexity index is 885. The third-order valence-electron chi connectivity index (χ3n) is 4.65. The number of carboxylic acids is 1. The van der Waals surface area contributed by atoms with Gasteiger partial charge in [0.05, 0.1) is 17.0 Å². The molecule has 1 aromatic heterocycles. The number of aromatic amines is 1. The molecule has 1 aromatic carbocycles. The number of aryl methyl sites for hydroxylation is 2. The van der Waals surface area contributed by atoms with Crippen molar-refractivity contribution in [1.82, 2.24) is 14.5 Å². The summed E-state index contributed by atoms with van der Waals surface area (Å²) in [5.41, 5.74) is 2.08. The molecule has 1 aliphatic rings. The van der Waals surface area contributed by atoms with E-state index in [0.717, 1.165) is 18.4 Å². The van der Waals surface area contributed by atoms with E-state index < -0.39 is 16.0 Å². The van der Waals surface area contributed by atoms with Gasteiger partial charge in [-0.15, -0.1) is 0 Å². The van der Waals surface area contributed by atoms with Crippen LogP contribution in [0.5, 0.6) is 0 Å². The van der Waals surface area contributed by atoms with E-state index in [9.17, 15) is 13.2 Å². The second-order valence-electron chi connectivity index (χ2n) is 6.40. The second-order valence-corrected chi connectivity index (χ2v) is 8.27. The van der Waals surface area contributed by atoms with Crippen LogP contribution >= 0.6 is 0 Å². The summed E-state index contributed by atoms with van der Waals surface area (Å²) in [5.74, 6) is -0.998. The number of carbonyl (C=O) groups is 1. The Balaban J connectivity index is 1.89. The summed E-state index contributed by atoms with van der Waals surface area (Å²) < 4.78 is 27.5. The van der Waals surface area contributed by atoms with Gasteiger partial charge in [-0.05, 0) is 50.3 Å². The minimum atomic E-state index is -3.62. The van der Waals surface area contributed by atoms with E-state index in [-0.39, 0.29) is 16.4 Å². The molecule has 0 spiro atoms. The van der Waals surface area contributed by atoms with E-state index in [4.69, 9.17) is 5.11 Å². The van der Waals surface area contributed by atoms with Crippen LogP contribution in [0, 0.1) is 13.8 Å². The normalized spacial score (nSPS) is 19.0. The summed E-state index contributed by atoms with van der Waals surface area (Å²) in [6.07, 6.45) is 1.57. The molecule has 2 heterocycles. The maximum Gasteiger partial charge on any atom is 0.335 e. The molecule has 1 fully saturated rings. The van der Waals surface area contributed by atoms with Crippen molar-refractivity contribution in [2.24, 2.45) is 0 Å². The first-order valence-electron chi connectivity index (χ1n) is 8.15. The fourth-order valence-corrected chi connectivity index (χ4v) is 5.26. The Morgan fingerprint density at radius 2 is 2.12 bits per heavy atom. The predicted octanol–water partition coefficient (Wildman–Crippen LogP) is 2.29. The van der Waals surface area contributed by atoms with Gasteiger partial charge < -0.3 is 5.11 Å². The van der Waals surface area contributed by atoms with E-state index in [0.29, 0.717) is 24.5 Å². The smallest absolute Gasteiger partial charge is 0.335 e. The lowest BCUT2D eigenvalue weighted by molar-refractivity contribution is 0.0696. The van der Waals surface area contributed by atoms with E-state index in [1.165, 1.54) is 4.31 Å². The van der Waals surface area contributed by atoms with Crippen LogP contribution < -0.4 is 0 Å². The monoisotopic (exact) mass is 363 g/mol.